The Kier molecular flexibility index (Phi) is 5.33. The number of anilines is 1. The molecule has 23 heavy (non-hydrogen) atoms. The fourth-order valence-electron chi connectivity index (χ4n) is 3.33. The molecule has 0 radical (unpaired) electrons. The first kappa shape index (κ1) is 16.1. The summed E-state index contributed by atoms with van der Waals surface area (Å²) in [6, 6.07) is 5.87. The summed E-state index contributed by atoms with van der Waals surface area (Å²) in [5.74, 6) is 1.93. The predicted molar refractivity (Wildman–Crippen MR) is 92.8 cm³/mol. The SMILES string of the molecule is CCNC(=NCCNc1ccccn1)N1CCC2(CCOC2)C1. The number of ether oxygens (including phenoxy) is 1. The van der Waals surface area contributed by atoms with Crippen molar-refractivity contribution < 1.29 is 4.74 Å². The zero-order valence-corrected chi connectivity index (χ0v) is 13.9. The second-order valence-electron chi connectivity index (χ2n) is 6.35. The van der Waals surface area contributed by atoms with E-state index in [1.54, 1.807) is 6.20 Å². The first-order chi connectivity index (χ1) is 11.3. The van der Waals surface area contributed by atoms with Gasteiger partial charge in [0, 0.05) is 44.4 Å². The van der Waals surface area contributed by atoms with Gasteiger partial charge in [0.1, 0.15) is 5.82 Å². The molecule has 0 bridgehead atoms. The number of hydrogen-bond donors (Lipinski definition) is 2. The van der Waals surface area contributed by atoms with E-state index in [1.165, 1.54) is 12.8 Å². The molecule has 2 fully saturated rings. The summed E-state index contributed by atoms with van der Waals surface area (Å²) in [7, 11) is 0. The van der Waals surface area contributed by atoms with Crippen LogP contribution in [-0.4, -0.2) is 61.8 Å². The maximum absolute atomic E-state index is 5.61. The molecule has 2 N–H and O–H groups in total. The van der Waals surface area contributed by atoms with Crippen molar-refractivity contribution in [3.63, 3.8) is 0 Å². The minimum absolute atomic E-state index is 0.363. The van der Waals surface area contributed by atoms with Gasteiger partial charge in [0.2, 0.25) is 0 Å². The van der Waals surface area contributed by atoms with Gasteiger partial charge in [-0.05, 0) is 31.9 Å². The van der Waals surface area contributed by atoms with Crippen molar-refractivity contribution in [3.8, 4) is 0 Å². The molecule has 2 aliphatic heterocycles. The molecule has 6 heteroatoms. The Bertz CT molecular complexity index is 513. The molecule has 6 nitrogen and oxygen atoms in total. The standard InChI is InChI=1S/C17H27N5O/c1-2-18-16(21-10-9-20-15-5-3-4-8-19-15)22-11-6-17(13-22)7-12-23-14-17/h3-5,8H,2,6-7,9-14H2,1H3,(H,18,21)(H,19,20). The Hall–Kier alpha value is -1.82. The zero-order chi connectivity index (χ0) is 16.0. The van der Waals surface area contributed by atoms with Crippen LogP contribution in [0.1, 0.15) is 19.8 Å². The highest BCUT2D eigenvalue weighted by Gasteiger charge is 2.42. The van der Waals surface area contributed by atoms with Crippen molar-refractivity contribution in [2.45, 2.75) is 19.8 Å². The van der Waals surface area contributed by atoms with E-state index in [2.05, 4.69) is 27.4 Å². The van der Waals surface area contributed by atoms with E-state index < -0.39 is 0 Å². The van der Waals surface area contributed by atoms with Crippen LogP contribution in [0.25, 0.3) is 0 Å². The summed E-state index contributed by atoms with van der Waals surface area (Å²) in [4.78, 5) is 11.4. The number of pyridine rings is 1. The van der Waals surface area contributed by atoms with Crippen LogP contribution in [-0.2, 0) is 4.74 Å². The predicted octanol–water partition coefficient (Wildman–Crippen LogP) is 1.57. The topological polar surface area (TPSA) is 61.8 Å². The van der Waals surface area contributed by atoms with E-state index in [0.29, 0.717) is 5.41 Å². The molecule has 126 valence electrons. The molecule has 1 atom stereocenters. The zero-order valence-electron chi connectivity index (χ0n) is 13.9. The molecule has 3 heterocycles. The minimum Gasteiger partial charge on any atom is -0.381 e. The molecule has 1 aromatic rings. The lowest BCUT2D eigenvalue weighted by Crippen LogP contribution is -2.41. The molecule has 0 aromatic carbocycles. The van der Waals surface area contributed by atoms with Gasteiger partial charge in [-0.3, -0.25) is 4.99 Å². The van der Waals surface area contributed by atoms with E-state index in [-0.39, 0.29) is 0 Å². The van der Waals surface area contributed by atoms with Gasteiger partial charge in [-0.15, -0.1) is 0 Å². The molecule has 1 aromatic heterocycles. The smallest absolute Gasteiger partial charge is 0.193 e. The Morgan fingerprint density at radius 1 is 1.43 bits per heavy atom. The molecule has 0 amide bonds. The summed E-state index contributed by atoms with van der Waals surface area (Å²) < 4.78 is 5.61. The lowest BCUT2D eigenvalue weighted by atomic mass is 9.87. The Morgan fingerprint density at radius 3 is 3.13 bits per heavy atom. The average Bonchev–Trinajstić information content (AvgIpc) is 3.22. The first-order valence-electron chi connectivity index (χ1n) is 8.57. The maximum atomic E-state index is 5.61. The number of nitrogens with one attached hydrogen (secondary N) is 2. The monoisotopic (exact) mass is 317 g/mol. The third-order valence-corrected chi connectivity index (χ3v) is 4.60. The molecule has 0 aliphatic carbocycles. The fourth-order valence-corrected chi connectivity index (χ4v) is 3.33. The van der Waals surface area contributed by atoms with Crippen LogP contribution in [0.2, 0.25) is 0 Å². The number of aromatic nitrogens is 1. The number of likely N-dealkylation sites (tertiary alicyclic amines) is 1. The van der Waals surface area contributed by atoms with Crippen LogP contribution in [0, 0.1) is 5.41 Å². The summed E-state index contributed by atoms with van der Waals surface area (Å²) in [5, 5.41) is 6.72. The van der Waals surface area contributed by atoms with Crippen molar-refractivity contribution in [2.24, 2.45) is 10.4 Å². The molecule has 0 saturated carbocycles. The number of guanidine groups is 1. The maximum Gasteiger partial charge on any atom is 0.193 e. The Balaban J connectivity index is 1.51. The number of rotatable bonds is 5. The van der Waals surface area contributed by atoms with E-state index in [4.69, 9.17) is 9.73 Å². The normalized spacial score (nSPS) is 24.4. The lowest BCUT2D eigenvalue weighted by molar-refractivity contribution is 0.156. The van der Waals surface area contributed by atoms with Crippen molar-refractivity contribution in [1.82, 2.24) is 15.2 Å². The van der Waals surface area contributed by atoms with Crippen LogP contribution in [0.3, 0.4) is 0 Å². The van der Waals surface area contributed by atoms with Crippen molar-refractivity contribution >= 4 is 11.8 Å². The third kappa shape index (κ3) is 4.13. The van der Waals surface area contributed by atoms with Crippen LogP contribution < -0.4 is 10.6 Å². The second-order valence-corrected chi connectivity index (χ2v) is 6.35. The molecule has 1 spiro atoms. The summed E-state index contributed by atoms with van der Waals surface area (Å²) >= 11 is 0. The van der Waals surface area contributed by atoms with E-state index in [1.807, 2.05) is 18.2 Å². The first-order valence-corrected chi connectivity index (χ1v) is 8.57. The van der Waals surface area contributed by atoms with Crippen LogP contribution >= 0.6 is 0 Å². The van der Waals surface area contributed by atoms with Crippen molar-refractivity contribution in [2.75, 3.05) is 51.3 Å². The van der Waals surface area contributed by atoms with E-state index in [9.17, 15) is 0 Å². The summed E-state index contributed by atoms with van der Waals surface area (Å²) in [6.07, 6.45) is 4.19. The number of hydrogen-bond acceptors (Lipinski definition) is 4. The van der Waals surface area contributed by atoms with Gasteiger partial charge < -0.3 is 20.3 Å². The number of aliphatic imine (C=N–C) groups is 1. The van der Waals surface area contributed by atoms with Crippen molar-refractivity contribution in [1.29, 1.82) is 0 Å². The van der Waals surface area contributed by atoms with Crippen LogP contribution in [0.5, 0.6) is 0 Å². The molecule has 2 aliphatic rings. The van der Waals surface area contributed by atoms with Crippen molar-refractivity contribution in [3.05, 3.63) is 24.4 Å². The van der Waals surface area contributed by atoms with Gasteiger partial charge in [0.15, 0.2) is 5.96 Å². The molecule has 1 unspecified atom stereocenters. The fraction of sp³-hybridized carbons (Fsp3) is 0.647. The minimum atomic E-state index is 0.363. The van der Waals surface area contributed by atoms with Crippen LogP contribution in [0.15, 0.2) is 29.4 Å². The Labute approximate surface area is 138 Å². The van der Waals surface area contributed by atoms with Gasteiger partial charge in [0.25, 0.3) is 0 Å². The molecular formula is C17H27N5O. The second kappa shape index (κ2) is 7.64. The highest BCUT2D eigenvalue weighted by Crippen LogP contribution is 2.38. The average molecular weight is 317 g/mol. The largest absolute Gasteiger partial charge is 0.381 e. The summed E-state index contributed by atoms with van der Waals surface area (Å²) in [5.41, 5.74) is 0.363. The van der Waals surface area contributed by atoms with Gasteiger partial charge in [0.05, 0.1) is 13.2 Å². The highest BCUT2D eigenvalue weighted by molar-refractivity contribution is 5.80. The van der Waals surface area contributed by atoms with Crippen LogP contribution in [0.4, 0.5) is 5.82 Å². The molecule has 2 saturated heterocycles. The molecule has 3 rings (SSSR count). The summed E-state index contributed by atoms with van der Waals surface area (Å²) in [6.45, 7) is 8.49. The molecular weight excluding hydrogens is 290 g/mol. The highest BCUT2D eigenvalue weighted by atomic mass is 16.5. The quantitative estimate of drug-likeness (QED) is 0.490. The van der Waals surface area contributed by atoms with Gasteiger partial charge >= 0.3 is 0 Å². The lowest BCUT2D eigenvalue weighted by Gasteiger charge is -2.25. The van der Waals surface area contributed by atoms with Gasteiger partial charge in [-0.25, -0.2) is 4.98 Å². The van der Waals surface area contributed by atoms with E-state index >= 15 is 0 Å². The third-order valence-electron chi connectivity index (χ3n) is 4.60. The van der Waals surface area contributed by atoms with E-state index in [0.717, 1.165) is 57.7 Å². The Morgan fingerprint density at radius 2 is 2.39 bits per heavy atom. The number of nitrogens with zero attached hydrogens (tertiary/aromatic N) is 3. The van der Waals surface area contributed by atoms with Gasteiger partial charge in [-0.2, -0.15) is 0 Å². The van der Waals surface area contributed by atoms with Gasteiger partial charge in [-0.1, -0.05) is 6.07 Å².